The first-order chi connectivity index (χ1) is 9.52. The molecule has 5 nitrogen and oxygen atoms in total. The standard InChI is InChI=1S/C15H19NO4/c1-9(2)13(15(18)19-3)16-14(17)11-4-5-12-10(8-11)6-7-20-12/h4-5,8-9,13H,6-7H2,1-3H3,(H,16,17). The normalized spacial score (nSPS) is 14.4. The van der Waals surface area contributed by atoms with Gasteiger partial charge in [0.25, 0.3) is 5.91 Å². The van der Waals surface area contributed by atoms with E-state index >= 15 is 0 Å². The third-order valence-electron chi connectivity index (χ3n) is 3.36. The van der Waals surface area contributed by atoms with Crippen LogP contribution in [0.25, 0.3) is 0 Å². The molecule has 108 valence electrons. The lowest BCUT2D eigenvalue weighted by molar-refractivity contribution is -0.144. The summed E-state index contributed by atoms with van der Waals surface area (Å²) in [6, 6.07) is 4.66. The lowest BCUT2D eigenvalue weighted by Gasteiger charge is -2.19. The minimum absolute atomic E-state index is 0.0378. The maximum Gasteiger partial charge on any atom is 0.328 e. The van der Waals surface area contributed by atoms with Crippen molar-refractivity contribution < 1.29 is 19.1 Å². The zero-order valence-corrected chi connectivity index (χ0v) is 11.9. The molecule has 1 aliphatic heterocycles. The number of rotatable bonds is 4. The van der Waals surface area contributed by atoms with Gasteiger partial charge in [-0.05, 0) is 29.7 Å². The molecular weight excluding hydrogens is 258 g/mol. The van der Waals surface area contributed by atoms with Crippen LogP contribution in [0.2, 0.25) is 0 Å². The van der Waals surface area contributed by atoms with Gasteiger partial charge in [0, 0.05) is 12.0 Å². The van der Waals surface area contributed by atoms with Crippen molar-refractivity contribution in [3.05, 3.63) is 29.3 Å². The Morgan fingerprint density at radius 2 is 2.10 bits per heavy atom. The Balaban J connectivity index is 2.12. The van der Waals surface area contributed by atoms with Crippen molar-refractivity contribution in [3.63, 3.8) is 0 Å². The number of hydrogen-bond acceptors (Lipinski definition) is 4. The molecule has 1 aromatic rings. The van der Waals surface area contributed by atoms with Gasteiger partial charge in [-0.15, -0.1) is 0 Å². The summed E-state index contributed by atoms with van der Waals surface area (Å²) < 4.78 is 10.1. The number of esters is 1. The smallest absolute Gasteiger partial charge is 0.328 e. The van der Waals surface area contributed by atoms with Gasteiger partial charge in [0.2, 0.25) is 0 Å². The Labute approximate surface area is 118 Å². The van der Waals surface area contributed by atoms with Crippen molar-refractivity contribution >= 4 is 11.9 Å². The minimum atomic E-state index is -0.642. The molecule has 1 heterocycles. The number of carbonyl (C=O) groups is 2. The molecule has 0 aliphatic carbocycles. The van der Waals surface area contributed by atoms with E-state index in [-0.39, 0.29) is 11.8 Å². The lowest BCUT2D eigenvalue weighted by Crippen LogP contribution is -2.45. The van der Waals surface area contributed by atoms with E-state index in [1.54, 1.807) is 12.1 Å². The Bertz CT molecular complexity index is 525. The van der Waals surface area contributed by atoms with Crippen LogP contribution in [0.4, 0.5) is 0 Å². The van der Waals surface area contributed by atoms with Gasteiger partial charge in [0.1, 0.15) is 11.8 Å². The first-order valence-electron chi connectivity index (χ1n) is 6.67. The largest absolute Gasteiger partial charge is 0.493 e. The van der Waals surface area contributed by atoms with Gasteiger partial charge < -0.3 is 14.8 Å². The highest BCUT2D eigenvalue weighted by atomic mass is 16.5. The second-order valence-corrected chi connectivity index (χ2v) is 5.14. The number of hydrogen-bond donors (Lipinski definition) is 1. The van der Waals surface area contributed by atoms with Crippen molar-refractivity contribution in [2.45, 2.75) is 26.3 Å². The fourth-order valence-corrected chi connectivity index (χ4v) is 2.18. The predicted octanol–water partition coefficient (Wildman–Crippen LogP) is 1.55. The first-order valence-corrected chi connectivity index (χ1v) is 6.67. The monoisotopic (exact) mass is 277 g/mol. The van der Waals surface area contributed by atoms with Gasteiger partial charge in [-0.3, -0.25) is 4.79 Å². The Morgan fingerprint density at radius 1 is 1.35 bits per heavy atom. The van der Waals surface area contributed by atoms with Gasteiger partial charge >= 0.3 is 5.97 Å². The summed E-state index contributed by atoms with van der Waals surface area (Å²) in [6.07, 6.45) is 0.807. The molecule has 1 amide bonds. The topological polar surface area (TPSA) is 64.6 Å². The second-order valence-electron chi connectivity index (χ2n) is 5.14. The van der Waals surface area contributed by atoms with Crippen LogP contribution in [0.5, 0.6) is 5.75 Å². The average molecular weight is 277 g/mol. The lowest BCUT2D eigenvalue weighted by atomic mass is 10.0. The van der Waals surface area contributed by atoms with Gasteiger partial charge in [-0.25, -0.2) is 4.79 Å². The van der Waals surface area contributed by atoms with E-state index in [1.165, 1.54) is 7.11 Å². The number of ether oxygens (including phenoxy) is 2. The van der Waals surface area contributed by atoms with E-state index < -0.39 is 12.0 Å². The van der Waals surface area contributed by atoms with Crippen LogP contribution in [-0.4, -0.2) is 31.6 Å². The Hall–Kier alpha value is -2.04. The zero-order chi connectivity index (χ0) is 14.7. The molecule has 20 heavy (non-hydrogen) atoms. The molecule has 1 aromatic carbocycles. The van der Waals surface area contributed by atoms with Gasteiger partial charge in [-0.2, -0.15) is 0 Å². The number of benzene rings is 1. The summed E-state index contributed by atoms with van der Waals surface area (Å²) in [4.78, 5) is 23.9. The molecule has 0 saturated carbocycles. The molecular formula is C15H19NO4. The molecule has 5 heteroatoms. The van der Waals surface area contributed by atoms with Gasteiger partial charge in [-0.1, -0.05) is 13.8 Å². The number of methoxy groups -OCH3 is 1. The highest BCUT2D eigenvalue weighted by Gasteiger charge is 2.25. The fraction of sp³-hybridized carbons (Fsp3) is 0.467. The average Bonchev–Trinajstić information content (AvgIpc) is 2.90. The number of fused-ring (bicyclic) bond motifs is 1. The van der Waals surface area contributed by atoms with Crippen LogP contribution in [-0.2, 0) is 16.0 Å². The molecule has 2 rings (SSSR count). The van der Waals surface area contributed by atoms with Crippen molar-refractivity contribution in [2.24, 2.45) is 5.92 Å². The molecule has 0 saturated heterocycles. The maximum atomic E-state index is 12.2. The summed E-state index contributed by atoms with van der Waals surface area (Å²) >= 11 is 0. The molecule has 1 atom stereocenters. The van der Waals surface area contributed by atoms with E-state index in [1.807, 2.05) is 19.9 Å². The van der Waals surface area contributed by atoms with Crippen LogP contribution in [0.1, 0.15) is 29.8 Å². The first kappa shape index (κ1) is 14.4. The van der Waals surface area contributed by atoms with E-state index in [2.05, 4.69) is 5.32 Å². The summed E-state index contributed by atoms with van der Waals surface area (Å²) in [5, 5.41) is 2.72. The van der Waals surface area contributed by atoms with Crippen LogP contribution < -0.4 is 10.1 Å². The third kappa shape index (κ3) is 2.92. The van der Waals surface area contributed by atoms with E-state index in [4.69, 9.17) is 9.47 Å². The molecule has 0 radical (unpaired) electrons. The van der Waals surface area contributed by atoms with Crippen molar-refractivity contribution in [3.8, 4) is 5.75 Å². The highest BCUT2D eigenvalue weighted by molar-refractivity contribution is 5.97. The van der Waals surface area contributed by atoms with Gasteiger partial charge in [0.05, 0.1) is 13.7 Å². The van der Waals surface area contributed by atoms with Crippen molar-refractivity contribution in [2.75, 3.05) is 13.7 Å². The highest BCUT2D eigenvalue weighted by Crippen LogP contribution is 2.25. The number of nitrogens with one attached hydrogen (secondary N) is 1. The summed E-state index contributed by atoms with van der Waals surface area (Å²) in [5.41, 5.74) is 1.56. The molecule has 0 bridgehead atoms. The maximum absolute atomic E-state index is 12.2. The third-order valence-corrected chi connectivity index (χ3v) is 3.36. The molecule has 0 fully saturated rings. The second kappa shape index (κ2) is 5.94. The van der Waals surface area contributed by atoms with Crippen LogP contribution in [0.3, 0.4) is 0 Å². The quantitative estimate of drug-likeness (QED) is 0.848. The van der Waals surface area contributed by atoms with Crippen LogP contribution in [0, 0.1) is 5.92 Å². The zero-order valence-electron chi connectivity index (χ0n) is 11.9. The molecule has 0 spiro atoms. The Morgan fingerprint density at radius 3 is 2.75 bits per heavy atom. The van der Waals surface area contributed by atoms with E-state index in [0.29, 0.717) is 12.2 Å². The summed E-state index contributed by atoms with van der Waals surface area (Å²) in [5.74, 6) is 0.0840. The molecule has 1 unspecified atom stereocenters. The van der Waals surface area contributed by atoms with Crippen LogP contribution >= 0.6 is 0 Å². The van der Waals surface area contributed by atoms with Crippen molar-refractivity contribution in [1.82, 2.24) is 5.32 Å². The SMILES string of the molecule is COC(=O)C(NC(=O)c1ccc2c(c1)CCO2)C(C)C. The molecule has 1 aliphatic rings. The Kier molecular flexibility index (Phi) is 4.27. The predicted molar refractivity (Wildman–Crippen MR) is 73.7 cm³/mol. The minimum Gasteiger partial charge on any atom is -0.493 e. The number of carbonyl (C=O) groups excluding carboxylic acids is 2. The molecule has 1 N–H and O–H groups in total. The van der Waals surface area contributed by atoms with Crippen molar-refractivity contribution in [1.29, 1.82) is 0 Å². The summed E-state index contributed by atoms with van der Waals surface area (Å²) in [7, 11) is 1.32. The molecule has 0 aromatic heterocycles. The summed E-state index contributed by atoms with van der Waals surface area (Å²) in [6.45, 7) is 4.37. The fourth-order valence-electron chi connectivity index (χ4n) is 2.18. The van der Waals surface area contributed by atoms with Gasteiger partial charge in [0.15, 0.2) is 0 Å². The van der Waals surface area contributed by atoms with Crippen LogP contribution in [0.15, 0.2) is 18.2 Å². The van der Waals surface area contributed by atoms with E-state index in [0.717, 1.165) is 17.7 Å². The number of amides is 1. The van der Waals surface area contributed by atoms with E-state index in [9.17, 15) is 9.59 Å².